The van der Waals surface area contributed by atoms with Crippen LogP contribution in [0.15, 0.2) is 224 Å². The second-order valence-corrected chi connectivity index (χ2v) is 14.9. The normalized spacial score (nSPS) is 12.2. The molecule has 0 aliphatic rings. The van der Waals surface area contributed by atoms with E-state index in [1.807, 2.05) is 18.2 Å². The third kappa shape index (κ3) is 6.46. The Morgan fingerprint density at radius 3 is 1.85 bits per heavy atom. The molecule has 0 aliphatic carbocycles. The average molecular weight is 753 g/mol. The van der Waals surface area contributed by atoms with E-state index in [-0.39, 0.29) is 0 Å². The maximum absolute atomic E-state index is 6.28. The van der Waals surface area contributed by atoms with Crippen LogP contribution in [0.1, 0.15) is 18.1 Å². The summed E-state index contributed by atoms with van der Waals surface area (Å²) in [5, 5.41) is 7.40. The van der Waals surface area contributed by atoms with Gasteiger partial charge in [0.05, 0.1) is 11.0 Å². The van der Waals surface area contributed by atoms with Crippen molar-refractivity contribution in [1.29, 1.82) is 0 Å². The number of para-hydroxylation sites is 2. The van der Waals surface area contributed by atoms with Crippen LogP contribution in [0, 0.1) is 12.3 Å². The van der Waals surface area contributed by atoms with E-state index in [9.17, 15) is 0 Å². The Hall–Kier alpha value is -7.86. The number of hydrogen-bond donors (Lipinski definition) is 0. The fraction of sp³-hybridized carbons (Fsp3) is 0.0175. The van der Waals surface area contributed by atoms with Gasteiger partial charge < -0.3 is 9.47 Å². The van der Waals surface area contributed by atoms with Crippen LogP contribution < -0.4 is 4.90 Å². The number of hydrogen-bond acceptors (Lipinski definition) is 1. The second kappa shape index (κ2) is 15.2. The van der Waals surface area contributed by atoms with Crippen molar-refractivity contribution in [2.24, 2.45) is 0 Å². The van der Waals surface area contributed by atoms with E-state index < -0.39 is 0 Å². The van der Waals surface area contributed by atoms with Crippen molar-refractivity contribution in [3.05, 3.63) is 235 Å². The Morgan fingerprint density at radius 2 is 1.10 bits per heavy atom. The van der Waals surface area contributed by atoms with E-state index in [0.29, 0.717) is 0 Å². The van der Waals surface area contributed by atoms with Crippen LogP contribution in [0.5, 0.6) is 0 Å². The van der Waals surface area contributed by atoms with Gasteiger partial charge in [-0.2, -0.15) is 0 Å². The minimum Gasteiger partial charge on any atom is -0.314 e. The van der Waals surface area contributed by atoms with Crippen LogP contribution in [0.25, 0.3) is 71.3 Å². The minimum atomic E-state index is 0.823. The molecule has 1 heterocycles. The standard InChI is InChI=1S/C57H40N2/c1-3-41(42-18-7-4-8-19-42)38-54(43-20-9-5-10-21-43)40(2)58(48-35-37-57-55(39-48)53-26-15-16-29-56(53)59(57)46-23-11-6-12-24-46)47-33-30-45(31-34-47)50-27-17-28-51-49-25-14-13-22-44(49)32-36-52(50)51/h1,4-39H,2H3/b41-38+,54-40-. The van der Waals surface area contributed by atoms with Crippen molar-refractivity contribution < 1.29 is 0 Å². The van der Waals surface area contributed by atoms with E-state index in [1.165, 1.54) is 49.0 Å². The summed E-state index contributed by atoms with van der Waals surface area (Å²) in [6.07, 6.45) is 8.45. The first-order valence-corrected chi connectivity index (χ1v) is 20.1. The lowest BCUT2D eigenvalue weighted by Crippen LogP contribution is -2.16. The zero-order valence-electron chi connectivity index (χ0n) is 32.8. The summed E-state index contributed by atoms with van der Waals surface area (Å²) >= 11 is 0. The smallest absolute Gasteiger partial charge is 0.0542 e. The van der Waals surface area contributed by atoms with Crippen LogP contribution in [0.2, 0.25) is 0 Å². The fourth-order valence-corrected chi connectivity index (χ4v) is 8.68. The summed E-state index contributed by atoms with van der Waals surface area (Å²) in [4.78, 5) is 2.38. The lowest BCUT2D eigenvalue weighted by molar-refractivity contribution is 1.16. The monoisotopic (exact) mass is 752 g/mol. The molecule has 1 aromatic heterocycles. The molecule has 0 aliphatic heterocycles. The number of fused-ring (bicyclic) bond motifs is 6. The van der Waals surface area contributed by atoms with Crippen molar-refractivity contribution in [2.75, 3.05) is 4.90 Å². The topological polar surface area (TPSA) is 8.17 Å². The van der Waals surface area contributed by atoms with Crippen LogP contribution in [-0.4, -0.2) is 4.57 Å². The molecule has 0 radical (unpaired) electrons. The first-order chi connectivity index (χ1) is 29.2. The summed E-state index contributed by atoms with van der Waals surface area (Å²) < 4.78 is 2.36. The van der Waals surface area contributed by atoms with Crippen molar-refractivity contribution >= 4 is 65.9 Å². The Kier molecular flexibility index (Phi) is 9.18. The Bertz CT molecular complexity index is 3250. The molecule has 0 saturated heterocycles. The molecule has 0 bridgehead atoms. The molecule has 0 saturated carbocycles. The molecule has 278 valence electrons. The molecule has 10 aromatic rings. The van der Waals surface area contributed by atoms with Gasteiger partial charge in [-0.05, 0) is 105 Å². The highest BCUT2D eigenvalue weighted by molar-refractivity contribution is 6.13. The largest absolute Gasteiger partial charge is 0.314 e. The summed E-state index contributed by atoms with van der Waals surface area (Å²) in [7, 11) is 0. The van der Waals surface area contributed by atoms with Crippen molar-refractivity contribution in [3.8, 4) is 29.2 Å². The Balaban J connectivity index is 1.19. The van der Waals surface area contributed by atoms with Gasteiger partial charge in [-0.1, -0.05) is 170 Å². The fourth-order valence-electron chi connectivity index (χ4n) is 8.68. The number of allylic oxidation sites excluding steroid dienone is 4. The second-order valence-electron chi connectivity index (χ2n) is 14.9. The van der Waals surface area contributed by atoms with E-state index in [0.717, 1.165) is 50.5 Å². The number of benzene rings is 9. The number of anilines is 2. The molecule has 59 heavy (non-hydrogen) atoms. The van der Waals surface area contributed by atoms with E-state index in [2.05, 4.69) is 223 Å². The summed E-state index contributed by atoms with van der Waals surface area (Å²) in [6, 6.07) is 75.7. The molecular formula is C57H40N2. The maximum Gasteiger partial charge on any atom is 0.0542 e. The van der Waals surface area contributed by atoms with Crippen molar-refractivity contribution in [3.63, 3.8) is 0 Å². The third-order valence-corrected chi connectivity index (χ3v) is 11.5. The highest BCUT2D eigenvalue weighted by Crippen LogP contribution is 2.41. The minimum absolute atomic E-state index is 0.823. The number of aromatic nitrogens is 1. The molecule has 9 aromatic carbocycles. The molecular weight excluding hydrogens is 713 g/mol. The third-order valence-electron chi connectivity index (χ3n) is 11.5. The van der Waals surface area contributed by atoms with Gasteiger partial charge in [-0.15, -0.1) is 6.42 Å². The van der Waals surface area contributed by atoms with Crippen LogP contribution >= 0.6 is 0 Å². The maximum atomic E-state index is 6.28. The highest BCUT2D eigenvalue weighted by Gasteiger charge is 2.20. The molecule has 0 atom stereocenters. The molecule has 0 fully saturated rings. The average Bonchev–Trinajstić information content (AvgIpc) is 3.64. The van der Waals surface area contributed by atoms with Gasteiger partial charge in [0, 0.05) is 44.7 Å². The zero-order chi connectivity index (χ0) is 39.7. The van der Waals surface area contributed by atoms with E-state index in [4.69, 9.17) is 6.42 Å². The molecule has 2 nitrogen and oxygen atoms in total. The van der Waals surface area contributed by atoms with Gasteiger partial charge in [0.25, 0.3) is 0 Å². The van der Waals surface area contributed by atoms with Crippen LogP contribution in [0.3, 0.4) is 0 Å². The Morgan fingerprint density at radius 1 is 0.492 bits per heavy atom. The lowest BCUT2D eigenvalue weighted by atomic mass is 9.94. The van der Waals surface area contributed by atoms with Gasteiger partial charge in [0.2, 0.25) is 0 Å². The molecule has 0 spiro atoms. The van der Waals surface area contributed by atoms with Crippen LogP contribution in [0.4, 0.5) is 11.4 Å². The first-order valence-electron chi connectivity index (χ1n) is 20.1. The molecule has 0 unspecified atom stereocenters. The van der Waals surface area contributed by atoms with Gasteiger partial charge in [-0.25, -0.2) is 0 Å². The summed E-state index contributed by atoms with van der Waals surface area (Å²) in [6.45, 7) is 2.21. The summed E-state index contributed by atoms with van der Waals surface area (Å²) in [5.74, 6) is 3.01. The predicted octanol–water partition coefficient (Wildman–Crippen LogP) is 15.0. The van der Waals surface area contributed by atoms with Gasteiger partial charge in [0.15, 0.2) is 0 Å². The van der Waals surface area contributed by atoms with Gasteiger partial charge in [0.1, 0.15) is 0 Å². The molecule has 0 N–H and O–H groups in total. The van der Waals surface area contributed by atoms with E-state index in [1.54, 1.807) is 0 Å². The summed E-state index contributed by atoms with van der Waals surface area (Å²) in [5.41, 5.74) is 12.9. The predicted molar refractivity (Wildman–Crippen MR) is 252 cm³/mol. The lowest BCUT2D eigenvalue weighted by Gasteiger charge is -2.29. The molecule has 10 rings (SSSR count). The zero-order valence-corrected chi connectivity index (χ0v) is 32.8. The molecule has 2 heteroatoms. The van der Waals surface area contributed by atoms with E-state index >= 15 is 0 Å². The first kappa shape index (κ1) is 35.5. The SMILES string of the molecule is C#C/C(=C\C(=C(/C)N(c1ccc(-c2cccc3c2ccc2ccccc23)cc1)c1ccc2c(c1)c1ccccc1n2-c1ccccc1)c1ccccc1)c1ccccc1. The van der Waals surface area contributed by atoms with Crippen molar-refractivity contribution in [2.45, 2.75) is 6.92 Å². The molecule has 0 amide bonds. The van der Waals surface area contributed by atoms with Gasteiger partial charge >= 0.3 is 0 Å². The van der Waals surface area contributed by atoms with Gasteiger partial charge in [-0.3, -0.25) is 0 Å². The van der Waals surface area contributed by atoms with Crippen molar-refractivity contribution in [1.82, 2.24) is 4.57 Å². The number of terminal acetylenes is 1. The van der Waals surface area contributed by atoms with Crippen LogP contribution in [-0.2, 0) is 0 Å². The quantitative estimate of drug-likeness (QED) is 0.0852. The highest BCUT2D eigenvalue weighted by atomic mass is 15.1. The number of rotatable bonds is 8. The number of nitrogens with zero attached hydrogens (tertiary/aromatic N) is 2. The Labute approximate surface area is 345 Å².